The fraction of sp³-hybridized carbons (Fsp3) is 0.778. The maximum absolute atomic E-state index is 10.0. The van der Waals surface area contributed by atoms with E-state index in [1.54, 1.807) is 0 Å². The predicted octanol–water partition coefficient (Wildman–Crippen LogP) is -2.08. The molecular formula is C9H21N3O5. The Morgan fingerprint density at radius 2 is 1.41 bits per heavy atom. The molecule has 0 spiro atoms. The molecule has 0 aliphatic heterocycles. The SMILES string of the molecule is NCCC[C@H](N)C(=O)O.N[C@@H](CCO)C(=O)O. The Morgan fingerprint density at radius 1 is 1.00 bits per heavy atom. The van der Waals surface area contributed by atoms with Crippen molar-refractivity contribution in [2.75, 3.05) is 13.2 Å². The maximum Gasteiger partial charge on any atom is 0.320 e. The van der Waals surface area contributed by atoms with E-state index < -0.39 is 24.0 Å². The highest BCUT2D eigenvalue weighted by molar-refractivity contribution is 5.73. The van der Waals surface area contributed by atoms with Gasteiger partial charge in [-0.15, -0.1) is 0 Å². The molecule has 0 rings (SSSR count). The minimum atomic E-state index is -1.07. The molecule has 0 fully saturated rings. The van der Waals surface area contributed by atoms with Gasteiger partial charge in [0.1, 0.15) is 12.1 Å². The Bertz CT molecular complexity index is 225. The first kappa shape index (κ1) is 18.2. The molecule has 0 aliphatic carbocycles. The van der Waals surface area contributed by atoms with E-state index in [1.165, 1.54) is 0 Å². The van der Waals surface area contributed by atoms with Crippen LogP contribution in [0.15, 0.2) is 0 Å². The van der Waals surface area contributed by atoms with Gasteiger partial charge < -0.3 is 32.5 Å². The van der Waals surface area contributed by atoms with Crippen molar-refractivity contribution < 1.29 is 24.9 Å². The quantitative estimate of drug-likeness (QED) is 0.299. The molecule has 0 bridgehead atoms. The minimum Gasteiger partial charge on any atom is -0.480 e. The molecule has 8 nitrogen and oxygen atoms in total. The largest absolute Gasteiger partial charge is 0.480 e. The van der Waals surface area contributed by atoms with E-state index in [0.29, 0.717) is 19.4 Å². The molecule has 0 aromatic heterocycles. The zero-order valence-corrected chi connectivity index (χ0v) is 9.58. The van der Waals surface area contributed by atoms with Crippen LogP contribution in [0.2, 0.25) is 0 Å². The van der Waals surface area contributed by atoms with E-state index >= 15 is 0 Å². The second-order valence-corrected chi connectivity index (χ2v) is 3.33. The summed E-state index contributed by atoms with van der Waals surface area (Å²) in [5.41, 5.74) is 15.2. The Balaban J connectivity index is 0. The first-order chi connectivity index (χ1) is 7.86. The molecular weight excluding hydrogens is 230 g/mol. The summed E-state index contributed by atoms with van der Waals surface area (Å²) >= 11 is 0. The van der Waals surface area contributed by atoms with Crippen molar-refractivity contribution in [3.63, 3.8) is 0 Å². The van der Waals surface area contributed by atoms with Crippen LogP contribution in [0.3, 0.4) is 0 Å². The van der Waals surface area contributed by atoms with Crippen molar-refractivity contribution in [1.82, 2.24) is 0 Å². The lowest BCUT2D eigenvalue weighted by Gasteiger charge is -2.02. The fourth-order valence-electron chi connectivity index (χ4n) is 0.724. The average molecular weight is 251 g/mol. The van der Waals surface area contributed by atoms with Crippen LogP contribution in [-0.2, 0) is 9.59 Å². The van der Waals surface area contributed by atoms with Gasteiger partial charge in [-0.05, 0) is 25.8 Å². The Labute approximate surface area is 99.4 Å². The van der Waals surface area contributed by atoms with E-state index in [1.807, 2.05) is 0 Å². The third-order valence-corrected chi connectivity index (χ3v) is 1.79. The van der Waals surface area contributed by atoms with Gasteiger partial charge in [0.25, 0.3) is 0 Å². The molecule has 8 heteroatoms. The third kappa shape index (κ3) is 12.7. The zero-order valence-electron chi connectivity index (χ0n) is 9.58. The molecule has 0 unspecified atom stereocenters. The summed E-state index contributed by atoms with van der Waals surface area (Å²) in [7, 11) is 0. The molecule has 0 aromatic carbocycles. The summed E-state index contributed by atoms with van der Waals surface area (Å²) < 4.78 is 0. The van der Waals surface area contributed by atoms with Gasteiger partial charge in [0.2, 0.25) is 0 Å². The standard InChI is InChI=1S/C5H12N2O2.C4H9NO3/c6-3-1-2-4(7)5(8)9;5-3(1-2-6)4(7)8/h4H,1-3,6-7H2,(H,8,9);3,6H,1-2,5H2,(H,7,8)/t4-;3-/m00/s1. The van der Waals surface area contributed by atoms with Crippen molar-refractivity contribution >= 4 is 11.9 Å². The summed E-state index contributed by atoms with van der Waals surface area (Å²) in [5, 5.41) is 24.5. The Morgan fingerprint density at radius 3 is 1.65 bits per heavy atom. The van der Waals surface area contributed by atoms with Gasteiger partial charge in [0, 0.05) is 6.61 Å². The van der Waals surface area contributed by atoms with Crippen LogP contribution in [0.1, 0.15) is 19.3 Å². The third-order valence-electron chi connectivity index (χ3n) is 1.79. The number of carboxylic acid groups (broad SMARTS) is 2. The lowest BCUT2D eigenvalue weighted by Crippen LogP contribution is -2.30. The van der Waals surface area contributed by atoms with E-state index in [2.05, 4.69) is 0 Å². The van der Waals surface area contributed by atoms with Crippen LogP contribution < -0.4 is 17.2 Å². The van der Waals surface area contributed by atoms with Gasteiger partial charge >= 0.3 is 11.9 Å². The van der Waals surface area contributed by atoms with Crippen molar-refractivity contribution in [2.24, 2.45) is 17.2 Å². The summed E-state index contributed by atoms with van der Waals surface area (Å²) in [4.78, 5) is 19.9. The molecule has 9 N–H and O–H groups in total. The highest BCUT2D eigenvalue weighted by atomic mass is 16.4. The molecule has 2 atom stereocenters. The topological polar surface area (TPSA) is 173 Å². The molecule has 17 heavy (non-hydrogen) atoms. The number of aliphatic hydroxyl groups excluding tert-OH is 1. The van der Waals surface area contributed by atoms with Crippen molar-refractivity contribution in [1.29, 1.82) is 0 Å². The highest BCUT2D eigenvalue weighted by Gasteiger charge is 2.09. The monoisotopic (exact) mass is 251 g/mol. The van der Waals surface area contributed by atoms with Crippen LogP contribution in [0.4, 0.5) is 0 Å². The number of rotatable bonds is 7. The second-order valence-electron chi connectivity index (χ2n) is 3.33. The van der Waals surface area contributed by atoms with E-state index in [-0.39, 0.29) is 13.0 Å². The summed E-state index contributed by atoms with van der Waals surface area (Å²) in [5.74, 6) is -2.03. The molecule has 0 heterocycles. The van der Waals surface area contributed by atoms with Gasteiger partial charge in [-0.2, -0.15) is 0 Å². The molecule has 0 amide bonds. The lowest BCUT2D eigenvalue weighted by atomic mass is 10.2. The van der Waals surface area contributed by atoms with Crippen molar-refractivity contribution in [2.45, 2.75) is 31.3 Å². The first-order valence-corrected chi connectivity index (χ1v) is 5.14. The number of hydrogen-bond donors (Lipinski definition) is 6. The van der Waals surface area contributed by atoms with Gasteiger partial charge in [-0.3, -0.25) is 9.59 Å². The fourth-order valence-corrected chi connectivity index (χ4v) is 0.724. The number of carbonyl (C=O) groups is 2. The smallest absolute Gasteiger partial charge is 0.320 e. The van der Waals surface area contributed by atoms with Crippen LogP contribution in [0.5, 0.6) is 0 Å². The number of aliphatic hydroxyl groups is 1. The number of nitrogens with two attached hydrogens (primary N) is 3. The van der Waals surface area contributed by atoms with Gasteiger partial charge in [0.15, 0.2) is 0 Å². The van der Waals surface area contributed by atoms with Crippen molar-refractivity contribution in [3.8, 4) is 0 Å². The van der Waals surface area contributed by atoms with Crippen molar-refractivity contribution in [3.05, 3.63) is 0 Å². The average Bonchev–Trinajstić information content (AvgIpc) is 2.26. The number of aliphatic carboxylic acids is 2. The number of hydrogen-bond acceptors (Lipinski definition) is 6. The summed E-state index contributed by atoms with van der Waals surface area (Å²) in [6.45, 7) is 0.328. The molecule has 0 radical (unpaired) electrons. The van der Waals surface area contributed by atoms with Gasteiger partial charge in [-0.1, -0.05) is 0 Å². The maximum atomic E-state index is 10.0. The van der Waals surface area contributed by atoms with Gasteiger partial charge in [-0.25, -0.2) is 0 Å². The number of carboxylic acids is 2. The molecule has 0 saturated carbocycles. The van der Waals surface area contributed by atoms with E-state index in [0.717, 1.165) is 0 Å². The van der Waals surface area contributed by atoms with E-state index in [9.17, 15) is 9.59 Å². The normalized spacial score (nSPS) is 13.2. The Hall–Kier alpha value is -1.22. The minimum absolute atomic E-state index is 0.120. The summed E-state index contributed by atoms with van der Waals surface area (Å²) in [6, 6.07) is -1.66. The lowest BCUT2D eigenvalue weighted by molar-refractivity contribution is -0.139. The van der Waals surface area contributed by atoms with Crippen LogP contribution >= 0.6 is 0 Å². The molecule has 102 valence electrons. The highest BCUT2D eigenvalue weighted by Crippen LogP contribution is 1.91. The molecule has 0 aliphatic rings. The van der Waals surface area contributed by atoms with Crippen LogP contribution in [0, 0.1) is 0 Å². The Kier molecular flexibility index (Phi) is 12.0. The van der Waals surface area contributed by atoms with E-state index in [4.69, 9.17) is 32.5 Å². The first-order valence-electron chi connectivity index (χ1n) is 5.14. The second kappa shape index (κ2) is 11.3. The van der Waals surface area contributed by atoms with Gasteiger partial charge in [0.05, 0.1) is 0 Å². The summed E-state index contributed by atoms with van der Waals surface area (Å²) in [6.07, 6.45) is 1.26. The zero-order chi connectivity index (χ0) is 13.8. The molecule has 0 saturated heterocycles. The predicted molar refractivity (Wildman–Crippen MR) is 61.2 cm³/mol. The van der Waals surface area contributed by atoms with Crippen LogP contribution in [0.25, 0.3) is 0 Å². The molecule has 0 aromatic rings. The van der Waals surface area contributed by atoms with Crippen LogP contribution in [-0.4, -0.2) is 52.5 Å².